The van der Waals surface area contributed by atoms with Crippen LogP contribution in [0.3, 0.4) is 0 Å². The van der Waals surface area contributed by atoms with Crippen molar-refractivity contribution in [2.24, 2.45) is 0 Å². The predicted molar refractivity (Wildman–Crippen MR) is 56.8 cm³/mol. The molecule has 1 heterocycles. The molecule has 0 aliphatic heterocycles. The van der Waals surface area contributed by atoms with E-state index in [1.807, 2.05) is 0 Å². The lowest BCUT2D eigenvalue weighted by molar-refractivity contribution is -0.138. The van der Waals surface area contributed by atoms with Crippen LogP contribution in [0, 0.1) is 0 Å². The van der Waals surface area contributed by atoms with Gasteiger partial charge in [0.2, 0.25) is 0 Å². The molecule has 0 bridgehead atoms. The molecule has 0 unspecified atom stereocenters. The van der Waals surface area contributed by atoms with Gasteiger partial charge in [0.25, 0.3) is 11.8 Å². The third-order valence-electron chi connectivity index (χ3n) is 1.96. The van der Waals surface area contributed by atoms with Crippen molar-refractivity contribution in [1.29, 1.82) is 0 Å². The maximum Gasteiger partial charge on any atom is 0.417 e. The van der Waals surface area contributed by atoms with Gasteiger partial charge in [-0.2, -0.15) is 18.2 Å². The number of rotatable bonds is 1. The fourth-order valence-electron chi connectivity index (χ4n) is 1.23. The van der Waals surface area contributed by atoms with Crippen LogP contribution in [0.4, 0.5) is 19.1 Å². The number of anilines is 1. The van der Waals surface area contributed by atoms with Crippen molar-refractivity contribution in [2.75, 3.05) is 5.73 Å². The van der Waals surface area contributed by atoms with Gasteiger partial charge < -0.3 is 10.3 Å². The highest BCUT2D eigenvalue weighted by atomic mass is 79.9. The first kappa shape index (κ1) is 11.9. The Kier molecular flexibility index (Phi) is 2.82. The lowest BCUT2D eigenvalue weighted by Gasteiger charge is -2.09. The van der Waals surface area contributed by atoms with Crippen LogP contribution in [0.15, 0.2) is 27.2 Å². The molecule has 17 heavy (non-hydrogen) atoms. The summed E-state index contributed by atoms with van der Waals surface area (Å²) in [7, 11) is 0. The van der Waals surface area contributed by atoms with Gasteiger partial charge in [-0.3, -0.25) is 0 Å². The molecule has 2 rings (SSSR count). The fraction of sp³-hybridized carbons (Fsp3) is 0.111. The van der Waals surface area contributed by atoms with Crippen molar-refractivity contribution < 1.29 is 17.7 Å². The zero-order valence-corrected chi connectivity index (χ0v) is 9.71. The first-order chi connectivity index (χ1) is 7.88. The number of halogens is 4. The smallest absolute Gasteiger partial charge is 0.365 e. The Balaban J connectivity index is 2.51. The number of hydrogen-bond acceptors (Lipinski definition) is 4. The lowest BCUT2D eigenvalue weighted by atomic mass is 10.1. The van der Waals surface area contributed by atoms with Crippen LogP contribution in [-0.2, 0) is 6.18 Å². The molecule has 8 heteroatoms. The monoisotopic (exact) mass is 307 g/mol. The average Bonchev–Trinajstić information content (AvgIpc) is 2.64. The van der Waals surface area contributed by atoms with Crippen molar-refractivity contribution >= 4 is 21.9 Å². The van der Waals surface area contributed by atoms with Gasteiger partial charge in [0.15, 0.2) is 0 Å². The van der Waals surface area contributed by atoms with Crippen molar-refractivity contribution in [3.63, 3.8) is 0 Å². The minimum atomic E-state index is -4.46. The summed E-state index contributed by atoms with van der Waals surface area (Å²) in [5.74, 6) is -0.183. The highest BCUT2D eigenvalue weighted by Gasteiger charge is 2.33. The van der Waals surface area contributed by atoms with Gasteiger partial charge in [0.1, 0.15) is 0 Å². The molecular formula is C9H5BrF3N3O. The zero-order chi connectivity index (χ0) is 12.6. The topological polar surface area (TPSA) is 64.9 Å². The molecule has 0 saturated carbocycles. The second-order valence-corrected chi connectivity index (χ2v) is 4.00. The molecule has 0 spiro atoms. The molecule has 0 aliphatic rings. The number of alkyl halides is 3. The number of aromatic nitrogens is 2. The number of hydrogen-bond donors (Lipinski definition) is 1. The summed E-state index contributed by atoms with van der Waals surface area (Å²) >= 11 is 2.83. The molecule has 2 aromatic rings. The number of nitrogens with zero attached hydrogens (tertiary/aromatic N) is 2. The summed E-state index contributed by atoms with van der Waals surface area (Å²) in [5, 5.41) is 3.31. The van der Waals surface area contributed by atoms with E-state index in [1.165, 1.54) is 12.1 Å². The molecular weight excluding hydrogens is 303 g/mol. The first-order valence-corrected chi connectivity index (χ1v) is 5.13. The normalized spacial score (nSPS) is 11.8. The first-order valence-electron chi connectivity index (χ1n) is 4.34. The zero-order valence-electron chi connectivity index (χ0n) is 8.12. The largest absolute Gasteiger partial charge is 0.417 e. The van der Waals surface area contributed by atoms with Crippen molar-refractivity contribution in [2.45, 2.75) is 6.18 Å². The number of benzene rings is 1. The Morgan fingerprint density at radius 1 is 1.29 bits per heavy atom. The van der Waals surface area contributed by atoms with E-state index in [-0.39, 0.29) is 21.9 Å². The Hall–Kier alpha value is -1.57. The van der Waals surface area contributed by atoms with E-state index < -0.39 is 11.7 Å². The van der Waals surface area contributed by atoms with Crippen LogP contribution < -0.4 is 5.73 Å². The van der Waals surface area contributed by atoms with Gasteiger partial charge >= 0.3 is 6.18 Å². The molecule has 1 aromatic heterocycles. The summed E-state index contributed by atoms with van der Waals surface area (Å²) in [6, 6.07) is 3.60. The summed E-state index contributed by atoms with van der Waals surface area (Å²) in [6.45, 7) is 0. The Labute approximate surface area is 102 Å². The molecule has 0 saturated heterocycles. The fourth-order valence-corrected chi connectivity index (χ4v) is 1.70. The summed E-state index contributed by atoms with van der Waals surface area (Å²) in [6.07, 6.45) is -4.46. The standard InChI is InChI=1S/C9H5BrF3N3O/c10-6-2-1-4(3-5(6)9(11,12)13)7-15-8(14)16-17-7/h1-3H,(H2,14,16). The Bertz CT molecular complexity index is 553. The molecule has 0 fully saturated rings. The van der Waals surface area contributed by atoms with Crippen molar-refractivity contribution in [3.8, 4) is 11.5 Å². The molecule has 1 aromatic carbocycles. The third-order valence-corrected chi connectivity index (χ3v) is 2.65. The molecule has 90 valence electrons. The SMILES string of the molecule is Nc1noc(-c2ccc(Br)c(C(F)(F)F)c2)n1. The Morgan fingerprint density at radius 3 is 2.53 bits per heavy atom. The van der Waals surface area contributed by atoms with E-state index in [1.54, 1.807) is 0 Å². The molecule has 2 N–H and O–H groups in total. The summed E-state index contributed by atoms with van der Waals surface area (Å²) in [4.78, 5) is 3.65. The van der Waals surface area contributed by atoms with E-state index in [0.717, 1.165) is 6.07 Å². The summed E-state index contributed by atoms with van der Waals surface area (Å²) < 4.78 is 42.5. The summed E-state index contributed by atoms with van der Waals surface area (Å²) in [5.41, 5.74) is 4.57. The van der Waals surface area contributed by atoms with Gasteiger partial charge in [-0.05, 0) is 23.4 Å². The molecule has 0 atom stereocenters. The van der Waals surface area contributed by atoms with Gasteiger partial charge in [-0.15, -0.1) is 0 Å². The predicted octanol–water partition coefficient (Wildman–Crippen LogP) is 3.10. The van der Waals surface area contributed by atoms with E-state index in [0.29, 0.717) is 0 Å². The minimum absolute atomic E-state index is 0.0544. The Morgan fingerprint density at radius 2 is 2.00 bits per heavy atom. The van der Waals surface area contributed by atoms with E-state index in [4.69, 9.17) is 5.73 Å². The number of nitrogen functional groups attached to an aromatic ring is 1. The van der Waals surface area contributed by atoms with Crippen LogP contribution in [-0.4, -0.2) is 10.1 Å². The third kappa shape index (κ3) is 2.41. The van der Waals surface area contributed by atoms with Gasteiger partial charge in [0, 0.05) is 10.0 Å². The van der Waals surface area contributed by atoms with Crippen molar-refractivity contribution in [3.05, 3.63) is 28.2 Å². The molecule has 4 nitrogen and oxygen atoms in total. The second-order valence-electron chi connectivity index (χ2n) is 3.15. The lowest BCUT2D eigenvalue weighted by Crippen LogP contribution is -2.06. The van der Waals surface area contributed by atoms with Gasteiger partial charge in [-0.25, -0.2) is 0 Å². The second kappa shape index (κ2) is 4.02. The van der Waals surface area contributed by atoms with Crippen LogP contribution in [0.2, 0.25) is 0 Å². The molecule has 0 radical (unpaired) electrons. The molecule has 0 amide bonds. The maximum atomic E-state index is 12.6. The quantitative estimate of drug-likeness (QED) is 0.879. The van der Waals surface area contributed by atoms with Gasteiger partial charge in [-0.1, -0.05) is 15.9 Å². The van der Waals surface area contributed by atoms with Crippen LogP contribution >= 0.6 is 15.9 Å². The van der Waals surface area contributed by atoms with Crippen LogP contribution in [0.25, 0.3) is 11.5 Å². The maximum absolute atomic E-state index is 12.6. The highest BCUT2D eigenvalue weighted by molar-refractivity contribution is 9.10. The van der Waals surface area contributed by atoms with E-state index in [2.05, 4.69) is 30.6 Å². The van der Waals surface area contributed by atoms with Crippen LogP contribution in [0.5, 0.6) is 0 Å². The van der Waals surface area contributed by atoms with Crippen molar-refractivity contribution in [1.82, 2.24) is 10.1 Å². The van der Waals surface area contributed by atoms with E-state index in [9.17, 15) is 13.2 Å². The van der Waals surface area contributed by atoms with Crippen LogP contribution in [0.1, 0.15) is 5.56 Å². The van der Waals surface area contributed by atoms with Gasteiger partial charge in [0.05, 0.1) is 5.56 Å². The molecule has 0 aliphatic carbocycles. The minimum Gasteiger partial charge on any atom is -0.365 e. The van der Waals surface area contributed by atoms with E-state index >= 15 is 0 Å². The highest BCUT2D eigenvalue weighted by Crippen LogP contribution is 2.37. The average molecular weight is 308 g/mol. The number of nitrogens with two attached hydrogens (primary N) is 1.